The van der Waals surface area contributed by atoms with Gasteiger partial charge in [-0.2, -0.15) is 0 Å². The van der Waals surface area contributed by atoms with Crippen LogP contribution in [0, 0.1) is 5.92 Å². The molecule has 0 saturated carbocycles. The summed E-state index contributed by atoms with van der Waals surface area (Å²) in [6.45, 7) is 4.57. The number of nitrogens with zero attached hydrogens (tertiary/aromatic N) is 1. The van der Waals surface area contributed by atoms with E-state index in [0.29, 0.717) is 39.7 Å². The van der Waals surface area contributed by atoms with Crippen LogP contribution in [0.25, 0.3) is 0 Å². The number of carbonyl (C=O) groups is 2. The van der Waals surface area contributed by atoms with Gasteiger partial charge in [-0.15, -0.1) is 11.3 Å². The fourth-order valence-corrected chi connectivity index (χ4v) is 3.86. The number of hydrogen-bond acceptors (Lipinski definition) is 5. The van der Waals surface area contributed by atoms with E-state index in [4.69, 9.17) is 23.2 Å². The van der Waals surface area contributed by atoms with E-state index in [1.165, 1.54) is 11.3 Å². The first kappa shape index (κ1) is 24.0. The Morgan fingerprint density at radius 2 is 1.81 bits per heavy atom. The fourth-order valence-electron chi connectivity index (χ4n) is 2.85. The van der Waals surface area contributed by atoms with Crippen molar-refractivity contribution in [3.63, 3.8) is 0 Å². The van der Waals surface area contributed by atoms with Crippen molar-refractivity contribution in [1.29, 1.82) is 0 Å². The highest BCUT2D eigenvalue weighted by molar-refractivity contribution is 7.14. The smallest absolute Gasteiger partial charge is 0.271 e. The van der Waals surface area contributed by atoms with Gasteiger partial charge in [-0.3, -0.25) is 9.59 Å². The lowest BCUT2D eigenvalue weighted by Crippen LogP contribution is -2.48. The number of hydrogen-bond donors (Lipinski definition) is 3. The van der Waals surface area contributed by atoms with E-state index in [-0.39, 0.29) is 11.6 Å². The Balaban J connectivity index is 1.69. The summed E-state index contributed by atoms with van der Waals surface area (Å²) >= 11 is 13.3. The van der Waals surface area contributed by atoms with Crippen LogP contribution in [0.4, 0.5) is 10.8 Å². The van der Waals surface area contributed by atoms with Gasteiger partial charge < -0.3 is 16.0 Å². The first-order chi connectivity index (χ1) is 15.3. The first-order valence-corrected chi connectivity index (χ1v) is 11.8. The number of halogens is 2. The first-order valence-electron chi connectivity index (χ1n) is 10.1. The lowest BCUT2D eigenvalue weighted by atomic mass is 10.0. The van der Waals surface area contributed by atoms with Crippen molar-refractivity contribution in [1.82, 2.24) is 15.6 Å². The molecule has 32 heavy (non-hydrogen) atoms. The highest BCUT2D eigenvalue weighted by Gasteiger charge is 2.23. The van der Waals surface area contributed by atoms with E-state index >= 15 is 0 Å². The molecule has 6 nitrogen and oxygen atoms in total. The third kappa shape index (κ3) is 6.95. The molecule has 3 aromatic rings. The molecule has 0 bridgehead atoms. The third-order valence-corrected chi connectivity index (χ3v) is 5.99. The van der Waals surface area contributed by atoms with Crippen LogP contribution in [0.5, 0.6) is 0 Å². The minimum absolute atomic E-state index is 0.222. The largest absolute Gasteiger partial charge is 0.354 e. The Hall–Kier alpha value is -2.61. The molecule has 0 aliphatic rings. The summed E-state index contributed by atoms with van der Waals surface area (Å²) in [7, 11) is 0. The van der Waals surface area contributed by atoms with Crippen molar-refractivity contribution in [3.05, 3.63) is 75.2 Å². The zero-order chi connectivity index (χ0) is 23.1. The lowest BCUT2D eigenvalue weighted by molar-refractivity contribution is -0.123. The maximum Gasteiger partial charge on any atom is 0.271 e. The number of anilines is 2. The van der Waals surface area contributed by atoms with Crippen molar-refractivity contribution >= 4 is 57.2 Å². The van der Waals surface area contributed by atoms with Gasteiger partial charge in [0.05, 0.1) is 10.0 Å². The van der Waals surface area contributed by atoms with Gasteiger partial charge in [0, 0.05) is 24.0 Å². The predicted octanol–water partition coefficient (Wildman–Crippen LogP) is 5.31. The molecule has 1 unspecified atom stereocenters. The van der Waals surface area contributed by atoms with Gasteiger partial charge in [-0.25, -0.2) is 4.98 Å². The number of rotatable bonds is 9. The molecule has 1 aromatic heterocycles. The van der Waals surface area contributed by atoms with Crippen LogP contribution >= 0.6 is 34.5 Å². The molecule has 3 N–H and O–H groups in total. The highest BCUT2D eigenvalue weighted by atomic mass is 35.5. The Kier molecular flexibility index (Phi) is 8.50. The van der Waals surface area contributed by atoms with Gasteiger partial charge in [0.2, 0.25) is 5.91 Å². The van der Waals surface area contributed by atoms with Crippen LogP contribution in [0.2, 0.25) is 10.0 Å². The van der Waals surface area contributed by atoms with Crippen LogP contribution in [0.15, 0.2) is 53.9 Å². The fraction of sp³-hybridized carbons (Fsp3) is 0.261. The van der Waals surface area contributed by atoms with Crippen molar-refractivity contribution in [2.24, 2.45) is 5.92 Å². The zero-order valence-corrected chi connectivity index (χ0v) is 20.0. The van der Waals surface area contributed by atoms with E-state index in [0.717, 1.165) is 5.56 Å². The molecular formula is C23H24Cl2N4O2S. The molecule has 1 atom stereocenters. The minimum Gasteiger partial charge on any atom is -0.354 e. The summed E-state index contributed by atoms with van der Waals surface area (Å²) in [5.74, 6) is -0.329. The summed E-state index contributed by atoms with van der Waals surface area (Å²) in [5, 5.41) is 11.9. The van der Waals surface area contributed by atoms with Crippen molar-refractivity contribution < 1.29 is 9.59 Å². The summed E-state index contributed by atoms with van der Waals surface area (Å²) in [5.41, 5.74) is 1.89. The molecule has 1 heterocycles. The minimum atomic E-state index is -0.711. The number of nitrogens with one attached hydrogen (secondary N) is 3. The van der Waals surface area contributed by atoms with Gasteiger partial charge in [0.15, 0.2) is 5.13 Å². The Morgan fingerprint density at radius 3 is 2.50 bits per heavy atom. The number of amides is 2. The average Bonchev–Trinajstić information content (AvgIpc) is 3.23. The second kappa shape index (κ2) is 11.3. The molecule has 2 aromatic carbocycles. The monoisotopic (exact) mass is 490 g/mol. The number of benzene rings is 2. The maximum absolute atomic E-state index is 12.8. The van der Waals surface area contributed by atoms with Crippen LogP contribution in [-0.4, -0.2) is 29.4 Å². The summed E-state index contributed by atoms with van der Waals surface area (Å²) < 4.78 is 0. The second-order valence-corrected chi connectivity index (χ2v) is 9.32. The zero-order valence-electron chi connectivity index (χ0n) is 17.7. The quantitative estimate of drug-likeness (QED) is 0.379. The van der Waals surface area contributed by atoms with Gasteiger partial charge in [0.1, 0.15) is 11.7 Å². The molecule has 0 radical (unpaired) electrons. The molecule has 0 saturated heterocycles. The maximum atomic E-state index is 12.8. The van der Waals surface area contributed by atoms with Crippen LogP contribution < -0.4 is 16.0 Å². The third-order valence-electron chi connectivity index (χ3n) is 4.50. The van der Waals surface area contributed by atoms with Gasteiger partial charge in [-0.05, 0) is 29.7 Å². The Morgan fingerprint density at radius 1 is 1.06 bits per heavy atom. The lowest BCUT2D eigenvalue weighted by Gasteiger charge is -2.19. The Labute approximate surface area is 201 Å². The highest BCUT2D eigenvalue weighted by Crippen LogP contribution is 2.28. The average molecular weight is 491 g/mol. The Bertz CT molecular complexity index is 1070. The molecule has 0 fully saturated rings. The van der Waals surface area contributed by atoms with Crippen LogP contribution in [-0.2, 0) is 11.2 Å². The summed E-state index contributed by atoms with van der Waals surface area (Å²) in [6, 6.07) is 14.0. The molecular weight excluding hydrogens is 467 g/mol. The molecule has 0 aliphatic heterocycles. The summed E-state index contributed by atoms with van der Waals surface area (Å²) in [6.07, 6.45) is 0.384. The van der Waals surface area contributed by atoms with Crippen LogP contribution in [0.1, 0.15) is 29.9 Å². The molecule has 9 heteroatoms. The number of thiazole rings is 1. The van der Waals surface area contributed by atoms with Gasteiger partial charge in [-0.1, -0.05) is 67.4 Å². The SMILES string of the molecule is CC(C)CNC(=O)C(Cc1ccccc1)NC(=O)c1csc(Nc2ccc(Cl)c(Cl)c2)n1. The van der Waals surface area contributed by atoms with E-state index in [2.05, 4.69) is 20.9 Å². The van der Waals surface area contributed by atoms with E-state index in [9.17, 15) is 9.59 Å². The molecule has 0 spiro atoms. The summed E-state index contributed by atoms with van der Waals surface area (Å²) in [4.78, 5) is 29.9. The number of aromatic nitrogens is 1. The van der Waals surface area contributed by atoms with Crippen molar-refractivity contribution in [2.45, 2.75) is 26.3 Å². The van der Waals surface area contributed by atoms with Gasteiger partial charge >= 0.3 is 0 Å². The van der Waals surface area contributed by atoms with E-state index in [1.807, 2.05) is 44.2 Å². The van der Waals surface area contributed by atoms with Crippen LogP contribution in [0.3, 0.4) is 0 Å². The van der Waals surface area contributed by atoms with Gasteiger partial charge in [0.25, 0.3) is 5.91 Å². The molecule has 168 valence electrons. The molecule has 3 rings (SSSR count). The standard InChI is InChI=1S/C23H24Cl2N4O2S/c1-14(2)12-26-21(30)19(10-15-6-4-3-5-7-15)28-22(31)20-13-32-23(29-20)27-16-8-9-17(24)18(25)11-16/h3-9,11,13-14,19H,10,12H2,1-2H3,(H,26,30)(H,27,29)(H,28,31). The predicted molar refractivity (Wildman–Crippen MR) is 131 cm³/mol. The normalized spacial score (nSPS) is 11.8. The molecule has 2 amide bonds. The molecule has 0 aliphatic carbocycles. The van der Waals surface area contributed by atoms with Crippen molar-refractivity contribution in [2.75, 3.05) is 11.9 Å². The topological polar surface area (TPSA) is 83.1 Å². The number of carbonyl (C=O) groups excluding carboxylic acids is 2. The van der Waals surface area contributed by atoms with Crippen molar-refractivity contribution in [3.8, 4) is 0 Å². The second-order valence-electron chi connectivity index (χ2n) is 7.65. The van der Waals surface area contributed by atoms with E-state index in [1.54, 1.807) is 23.6 Å². The van der Waals surface area contributed by atoms with E-state index < -0.39 is 11.9 Å².